The van der Waals surface area contributed by atoms with Crippen molar-refractivity contribution in [2.45, 2.75) is 52.6 Å². The summed E-state index contributed by atoms with van der Waals surface area (Å²) in [6.07, 6.45) is -1.02. The Labute approximate surface area is 267 Å². The van der Waals surface area contributed by atoms with Crippen molar-refractivity contribution in [3.8, 4) is 0 Å². The van der Waals surface area contributed by atoms with Gasteiger partial charge >= 0.3 is 12.2 Å². The highest BCUT2D eigenvalue weighted by Gasteiger charge is 2.22. The van der Waals surface area contributed by atoms with Gasteiger partial charge in [-0.05, 0) is 88.2 Å². The summed E-state index contributed by atoms with van der Waals surface area (Å²) in [5.41, 5.74) is 3.92. The molecule has 2 aromatic heterocycles. The Hall–Kier alpha value is -4.94. The first-order valence-corrected chi connectivity index (χ1v) is 15.1. The first-order valence-electron chi connectivity index (χ1n) is 15.1. The molecule has 0 spiro atoms. The number of carbonyl (C=O) groups is 2. The molecule has 12 heteroatoms. The topological polar surface area (TPSA) is 137 Å². The molecule has 5 rings (SSSR count). The zero-order valence-corrected chi connectivity index (χ0v) is 26.4. The van der Waals surface area contributed by atoms with E-state index in [0.717, 1.165) is 22.2 Å². The van der Waals surface area contributed by atoms with Crippen LogP contribution in [0.25, 0.3) is 11.0 Å². The van der Waals surface area contributed by atoms with E-state index in [0.29, 0.717) is 55.6 Å². The molecule has 1 aliphatic rings. The van der Waals surface area contributed by atoms with Crippen molar-refractivity contribution < 1.29 is 28.5 Å². The fourth-order valence-electron chi connectivity index (χ4n) is 4.54. The monoisotopic (exact) mass is 626 g/mol. The number of nitrogens with one attached hydrogen (secondary N) is 1. The molecule has 0 bridgehead atoms. The van der Waals surface area contributed by atoms with Gasteiger partial charge in [0.05, 0.1) is 31.2 Å². The van der Waals surface area contributed by atoms with Crippen LogP contribution in [-0.2, 0) is 25.5 Å². The lowest BCUT2D eigenvalue weighted by Crippen LogP contribution is -2.37. The van der Waals surface area contributed by atoms with E-state index in [-0.39, 0.29) is 12.9 Å². The molecule has 46 heavy (non-hydrogen) atoms. The van der Waals surface area contributed by atoms with Crippen molar-refractivity contribution in [3.63, 3.8) is 0 Å². The van der Waals surface area contributed by atoms with E-state index in [4.69, 9.17) is 18.9 Å². The molecule has 2 aromatic carbocycles. The van der Waals surface area contributed by atoms with Crippen molar-refractivity contribution in [1.82, 2.24) is 14.9 Å². The molecule has 240 valence electrons. The molecule has 1 N–H and O–H groups in total. The van der Waals surface area contributed by atoms with Crippen molar-refractivity contribution in [2.75, 3.05) is 31.7 Å². The maximum atomic E-state index is 13.0. The maximum absolute atomic E-state index is 13.0. The van der Waals surface area contributed by atoms with Gasteiger partial charge in [0.1, 0.15) is 11.4 Å². The zero-order valence-electron chi connectivity index (χ0n) is 26.4. The summed E-state index contributed by atoms with van der Waals surface area (Å²) >= 11 is 0. The lowest BCUT2D eigenvalue weighted by atomic mass is 10.2. The number of azo groups is 1. The van der Waals surface area contributed by atoms with Gasteiger partial charge in [-0.1, -0.05) is 24.3 Å². The molecule has 0 aliphatic carbocycles. The largest absolute Gasteiger partial charge is 0.449 e. The number of fused-ring (bicyclic) bond motifs is 1. The van der Waals surface area contributed by atoms with Crippen molar-refractivity contribution in [1.29, 1.82) is 0 Å². The molecule has 0 radical (unpaired) electrons. The van der Waals surface area contributed by atoms with Gasteiger partial charge in [-0.15, -0.1) is 0 Å². The van der Waals surface area contributed by atoms with E-state index in [1.54, 1.807) is 11.0 Å². The maximum Gasteiger partial charge on any atom is 0.412 e. The van der Waals surface area contributed by atoms with E-state index in [1.165, 1.54) is 0 Å². The SMILES string of the molecule is Cc1ccc2ccc(NC(=O)OCCCN(Cc3ccc(N=Nc4ccc(C5OCCO5)cc4)cc3)C(=O)OC(C)(C)C)nc2n1. The van der Waals surface area contributed by atoms with Crippen molar-refractivity contribution in [2.24, 2.45) is 10.2 Å². The summed E-state index contributed by atoms with van der Waals surface area (Å²) in [5, 5.41) is 12.1. The lowest BCUT2D eigenvalue weighted by Gasteiger charge is -2.27. The van der Waals surface area contributed by atoms with Gasteiger partial charge in [0.2, 0.25) is 0 Å². The Morgan fingerprint density at radius 1 is 0.913 bits per heavy atom. The number of anilines is 1. The molecule has 12 nitrogen and oxygen atoms in total. The second-order valence-electron chi connectivity index (χ2n) is 11.7. The van der Waals surface area contributed by atoms with Gasteiger partial charge in [-0.2, -0.15) is 10.2 Å². The van der Waals surface area contributed by atoms with E-state index in [9.17, 15) is 9.59 Å². The fourth-order valence-corrected chi connectivity index (χ4v) is 4.54. The number of hydrogen-bond acceptors (Lipinski definition) is 10. The molecule has 4 aromatic rings. The number of nitrogens with zero attached hydrogens (tertiary/aromatic N) is 5. The molecule has 0 unspecified atom stereocenters. The number of ether oxygens (including phenoxy) is 4. The van der Waals surface area contributed by atoms with Gasteiger partial charge in [0.25, 0.3) is 0 Å². The third-order valence-electron chi connectivity index (χ3n) is 6.76. The number of amides is 2. The van der Waals surface area contributed by atoms with Crippen LogP contribution in [0, 0.1) is 6.92 Å². The number of hydrogen-bond donors (Lipinski definition) is 1. The molecule has 1 fully saturated rings. The highest BCUT2D eigenvalue weighted by atomic mass is 16.7. The molecule has 0 saturated carbocycles. The number of aromatic nitrogens is 2. The van der Waals surface area contributed by atoms with Gasteiger partial charge in [0, 0.05) is 29.7 Å². The average molecular weight is 627 g/mol. The Morgan fingerprint density at radius 2 is 1.57 bits per heavy atom. The molecule has 3 heterocycles. The third kappa shape index (κ3) is 9.53. The molecular formula is C34H38N6O6. The second-order valence-corrected chi connectivity index (χ2v) is 11.7. The van der Waals surface area contributed by atoms with Crippen LogP contribution < -0.4 is 5.32 Å². The molecular weight excluding hydrogens is 588 g/mol. The minimum atomic E-state index is -0.661. The summed E-state index contributed by atoms with van der Waals surface area (Å²) in [6, 6.07) is 22.4. The highest BCUT2D eigenvalue weighted by Crippen LogP contribution is 2.26. The number of pyridine rings is 2. The van der Waals surface area contributed by atoms with Gasteiger partial charge in [-0.3, -0.25) is 5.32 Å². The minimum Gasteiger partial charge on any atom is -0.449 e. The first-order chi connectivity index (χ1) is 22.1. The summed E-state index contributed by atoms with van der Waals surface area (Å²) in [6.45, 7) is 9.23. The zero-order chi connectivity index (χ0) is 32.5. The molecule has 1 aliphatic heterocycles. The minimum absolute atomic E-state index is 0.0943. The Balaban J connectivity index is 1.13. The van der Waals surface area contributed by atoms with Crippen LogP contribution in [-0.4, -0.2) is 59.0 Å². The van der Waals surface area contributed by atoms with Crippen LogP contribution >= 0.6 is 0 Å². The Kier molecular flexibility index (Phi) is 10.5. The van der Waals surface area contributed by atoms with Crippen LogP contribution in [0.1, 0.15) is 50.3 Å². The lowest BCUT2D eigenvalue weighted by molar-refractivity contribution is -0.0441. The number of carbonyl (C=O) groups excluding carboxylic acids is 2. The van der Waals surface area contributed by atoms with Crippen LogP contribution in [0.3, 0.4) is 0 Å². The van der Waals surface area contributed by atoms with Gasteiger partial charge < -0.3 is 23.8 Å². The normalized spacial score (nSPS) is 13.7. The van der Waals surface area contributed by atoms with Crippen LogP contribution in [0.15, 0.2) is 83.0 Å². The summed E-state index contributed by atoms with van der Waals surface area (Å²) in [7, 11) is 0. The van der Waals surface area contributed by atoms with E-state index in [2.05, 4.69) is 25.5 Å². The molecule has 1 saturated heterocycles. The van der Waals surface area contributed by atoms with Crippen molar-refractivity contribution in [3.05, 3.63) is 89.6 Å². The summed E-state index contributed by atoms with van der Waals surface area (Å²) < 4.78 is 22.0. The second kappa shape index (κ2) is 14.9. The summed E-state index contributed by atoms with van der Waals surface area (Å²) in [5.74, 6) is 0.344. The fraction of sp³-hybridized carbons (Fsp3) is 0.353. The number of rotatable bonds is 10. The van der Waals surface area contributed by atoms with E-state index < -0.39 is 17.8 Å². The van der Waals surface area contributed by atoms with Crippen molar-refractivity contribution >= 4 is 40.4 Å². The molecule has 2 amide bonds. The number of aryl methyl sites for hydroxylation is 1. The van der Waals surface area contributed by atoms with Crippen LogP contribution in [0.5, 0.6) is 0 Å². The quantitative estimate of drug-likeness (QED) is 0.139. The molecule has 0 atom stereocenters. The predicted octanol–water partition coefficient (Wildman–Crippen LogP) is 7.77. The average Bonchev–Trinajstić information content (AvgIpc) is 3.57. The van der Waals surface area contributed by atoms with E-state index >= 15 is 0 Å². The van der Waals surface area contributed by atoms with E-state index in [1.807, 2.05) is 94.4 Å². The van der Waals surface area contributed by atoms with Crippen LogP contribution in [0.2, 0.25) is 0 Å². The first kappa shape index (κ1) is 32.5. The third-order valence-corrected chi connectivity index (χ3v) is 6.76. The standard InChI is InChI=1S/C34H38N6O6/c1-23-6-9-25-12-17-29(36-30(25)35-23)37-32(41)45-19-5-18-40(33(42)46-34(2,3)4)22-24-7-13-27(14-8-24)38-39-28-15-10-26(11-16-28)31-43-20-21-44-31/h6-17,31H,5,18-22H2,1-4H3,(H,35,36,37,41). The Bertz CT molecular complexity index is 1660. The van der Waals surface area contributed by atoms with Crippen LogP contribution in [0.4, 0.5) is 26.8 Å². The Morgan fingerprint density at radius 3 is 2.24 bits per heavy atom. The van der Waals surface area contributed by atoms with Gasteiger partial charge in [-0.25, -0.2) is 19.6 Å². The smallest absolute Gasteiger partial charge is 0.412 e. The summed E-state index contributed by atoms with van der Waals surface area (Å²) in [4.78, 5) is 35.8. The number of benzene rings is 2. The predicted molar refractivity (Wildman–Crippen MR) is 172 cm³/mol. The highest BCUT2D eigenvalue weighted by molar-refractivity contribution is 5.85. The van der Waals surface area contributed by atoms with Gasteiger partial charge in [0.15, 0.2) is 11.9 Å².